The number of hydrogen-bond donors (Lipinski definition) is 0. The van der Waals surface area contributed by atoms with Crippen LogP contribution in [0.2, 0.25) is 0 Å². The molecule has 0 spiro atoms. The van der Waals surface area contributed by atoms with E-state index in [-0.39, 0.29) is 5.91 Å². The third kappa shape index (κ3) is 3.40. The summed E-state index contributed by atoms with van der Waals surface area (Å²) in [5.41, 5.74) is 3.75. The van der Waals surface area contributed by atoms with Gasteiger partial charge in [0.15, 0.2) is 0 Å². The van der Waals surface area contributed by atoms with Gasteiger partial charge in [-0.05, 0) is 43.5 Å². The zero-order chi connectivity index (χ0) is 17.9. The van der Waals surface area contributed by atoms with Gasteiger partial charge in [0.05, 0.1) is 11.4 Å². The number of carbonyl (C=O) groups is 1. The first-order chi connectivity index (χ1) is 12.8. The molecule has 2 aromatic carbocycles. The van der Waals surface area contributed by atoms with Crippen molar-refractivity contribution in [1.82, 2.24) is 14.7 Å². The number of aromatic nitrogens is 2. The van der Waals surface area contributed by atoms with Crippen LogP contribution in [-0.2, 0) is 6.54 Å². The molecular formula is C22H23N3O. The van der Waals surface area contributed by atoms with E-state index in [1.165, 1.54) is 12.8 Å². The molecule has 0 N–H and O–H groups in total. The lowest BCUT2D eigenvalue weighted by Crippen LogP contribution is -2.31. The van der Waals surface area contributed by atoms with Gasteiger partial charge in [-0.15, -0.1) is 0 Å². The summed E-state index contributed by atoms with van der Waals surface area (Å²) >= 11 is 0. The number of rotatable bonds is 6. The molecule has 1 aromatic heterocycles. The van der Waals surface area contributed by atoms with Crippen molar-refractivity contribution in [2.75, 3.05) is 6.54 Å². The summed E-state index contributed by atoms with van der Waals surface area (Å²) in [5.74, 6) is 0.537. The van der Waals surface area contributed by atoms with E-state index in [4.69, 9.17) is 5.10 Å². The van der Waals surface area contributed by atoms with Gasteiger partial charge in [-0.25, -0.2) is 4.68 Å². The van der Waals surface area contributed by atoms with E-state index in [0.717, 1.165) is 16.9 Å². The van der Waals surface area contributed by atoms with Crippen LogP contribution in [0.15, 0.2) is 66.7 Å². The molecule has 0 aliphatic heterocycles. The van der Waals surface area contributed by atoms with Crippen LogP contribution in [0.5, 0.6) is 0 Å². The summed E-state index contributed by atoms with van der Waals surface area (Å²) in [5, 5.41) is 4.76. The second kappa shape index (κ2) is 7.16. The molecule has 0 atom stereocenters. The SMILES string of the molecule is CCN(Cc1ccccc1)C(=O)c1cc(C2CC2)nn1-c1ccccc1. The predicted octanol–water partition coefficient (Wildman–Crippen LogP) is 4.41. The Kier molecular flexibility index (Phi) is 4.57. The van der Waals surface area contributed by atoms with Crippen LogP contribution in [0.4, 0.5) is 0 Å². The first kappa shape index (κ1) is 16.6. The lowest BCUT2D eigenvalue weighted by molar-refractivity contribution is 0.0743. The first-order valence-electron chi connectivity index (χ1n) is 9.25. The van der Waals surface area contributed by atoms with Gasteiger partial charge in [0.2, 0.25) is 0 Å². The molecule has 1 fully saturated rings. The van der Waals surface area contributed by atoms with E-state index in [0.29, 0.717) is 24.7 Å². The minimum atomic E-state index is 0.0274. The normalized spacial score (nSPS) is 13.6. The lowest BCUT2D eigenvalue weighted by atomic mass is 10.2. The average Bonchev–Trinajstić information content (AvgIpc) is 3.45. The van der Waals surface area contributed by atoms with Crippen LogP contribution in [0.25, 0.3) is 5.69 Å². The standard InChI is InChI=1S/C22H23N3O/c1-2-24(16-17-9-5-3-6-10-17)22(26)21-15-20(18-13-14-18)23-25(21)19-11-7-4-8-12-19/h3-12,15,18H,2,13-14,16H2,1H3. The van der Waals surface area contributed by atoms with E-state index < -0.39 is 0 Å². The number of carbonyl (C=O) groups excluding carboxylic acids is 1. The highest BCUT2D eigenvalue weighted by molar-refractivity contribution is 5.93. The second-order valence-electron chi connectivity index (χ2n) is 6.78. The van der Waals surface area contributed by atoms with Gasteiger partial charge >= 0.3 is 0 Å². The molecular weight excluding hydrogens is 322 g/mol. The van der Waals surface area contributed by atoms with E-state index in [1.54, 1.807) is 0 Å². The zero-order valence-electron chi connectivity index (χ0n) is 15.0. The van der Waals surface area contributed by atoms with E-state index in [2.05, 4.69) is 12.1 Å². The van der Waals surface area contributed by atoms with Crippen molar-refractivity contribution in [1.29, 1.82) is 0 Å². The van der Waals surface area contributed by atoms with Crippen LogP contribution in [0.1, 0.15) is 47.4 Å². The molecule has 3 aromatic rings. The molecule has 4 nitrogen and oxygen atoms in total. The number of hydrogen-bond acceptors (Lipinski definition) is 2. The van der Waals surface area contributed by atoms with E-state index in [1.807, 2.05) is 71.1 Å². The van der Waals surface area contributed by atoms with Gasteiger partial charge in [0.1, 0.15) is 5.69 Å². The third-order valence-electron chi connectivity index (χ3n) is 4.83. The Hall–Kier alpha value is -2.88. The highest BCUT2D eigenvalue weighted by atomic mass is 16.2. The van der Waals surface area contributed by atoms with Gasteiger partial charge in [0, 0.05) is 19.0 Å². The Bertz CT molecular complexity index is 882. The monoisotopic (exact) mass is 345 g/mol. The van der Waals surface area contributed by atoms with Crippen molar-refractivity contribution >= 4 is 5.91 Å². The number of benzene rings is 2. The quantitative estimate of drug-likeness (QED) is 0.663. The predicted molar refractivity (Wildman–Crippen MR) is 102 cm³/mol. The number of amides is 1. The fourth-order valence-electron chi connectivity index (χ4n) is 3.19. The fourth-order valence-corrected chi connectivity index (χ4v) is 3.19. The first-order valence-corrected chi connectivity index (χ1v) is 9.25. The van der Waals surface area contributed by atoms with Crippen LogP contribution in [0, 0.1) is 0 Å². The highest BCUT2D eigenvalue weighted by Gasteiger charge is 2.30. The van der Waals surface area contributed by atoms with Crippen LogP contribution < -0.4 is 0 Å². The van der Waals surface area contributed by atoms with Gasteiger partial charge in [-0.2, -0.15) is 5.10 Å². The Balaban J connectivity index is 1.67. The maximum Gasteiger partial charge on any atom is 0.272 e. The maximum absolute atomic E-state index is 13.3. The average molecular weight is 345 g/mol. The smallest absolute Gasteiger partial charge is 0.272 e. The molecule has 1 amide bonds. The van der Waals surface area contributed by atoms with Crippen LogP contribution in [-0.4, -0.2) is 27.1 Å². The third-order valence-corrected chi connectivity index (χ3v) is 4.83. The Labute approximate surface area is 154 Å². The topological polar surface area (TPSA) is 38.1 Å². The van der Waals surface area contributed by atoms with Crippen LogP contribution in [0.3, 0.4) is 0 Å². The number of para-hydroxylation sites is 1. The van der Waals surface area contributed by atoms with E-state index >= 15 is 0 Å². The van der Waals surface area contributed by atoms with Gasteiger partial charge in [0.25, 0.3) is 5.91 Å². The molecule has 4 rings (SSSR count). The van der Waals surface area contributed by atoms with Crippen LogP contribution >= 0.6 is 0 Å². The van der Waals surface area contributed by atoms with Gasteiger partial charge < -0.3 is 4.90 Å². The fraction of sp³-hybridized carbons (Fsp3) is 0.273. The summed E-state index contributed by atoms with van der Waals surface area (Å²) in [6.45, 7) is 3.28. The summed E-state index contributed by atoms with van der Waals surface area (Å²) in [4.78, 5) is 15.2. The molecule has 1 aliphatic rings. The number of nitrogens with zero attached hydrogens (tertiary/aromatic N) is 3. The molecule has 0 saturated heterocycles. The molecule has 1 heterocycles. The summed E-state index contributed by atoms with van der Waals surface area (Å²) in [6, 6.07) is 22.0. The zero-order valence-corrected chi connectivity index (χ0v) is 15.0. The Morgan fingerprint density at radius 1 is 1.08 bits per heavy atom. The van der Waals surface area contributed by atoms with Crippen molar-refractivity contribution in [3.8, 4) is 5.69 Å². The van der Waals surface area contributed by atoms with Crippen molar-refractivity contribution in [2.24, 2.45) is 0 Å². The molecule has 132 valence electrons. The summed E-state index contributed by atoms with van der Waals surface area (Å²) < 4.78 is 1.81. The van der Waals surface area contributed by atoms with Crippen molar-refractivity contribution in [3.05, 3.63) is 83.7 Å². The molecule has 26 heavy (non-hydrogen) atoms. The van der Waals surface area contributed by atoms with E-state index in [9.17, 15) is 4.79 Å². The maximum atomic E-state index is 13.3. The summed E-state index contributed by atoms with van der Waals surface area (Å²) in [6.07, 6.45) is 2.34. The Morgan fingerprint density at radius 3 is 2.35 bits per heavy atom. The summed E-state index contributed by atoms with van der Waals surface area (Å²) in [7, 11) is 0. The minimum Gasteiger partial charge on any atom is -0.333 e. The van der Waals surface area contributed by atoms with Crippen molar-refractivity contribution in [3.63, 3.8) is 0 Å². The lowest BCUT2D eigenvalue weighted by Gasteiger charge is -2.21. The minimum absolute atomic E-state index is 0.0274. The molecule has 0 radical (unpaired) electrons. The Morgan fingerprint density at radius 2 is 1.73 bits per heavy atom. The highest BCUT2D eigenvalue weighted by Crippen LogP contribution is 2.39. The molecule has 0 bridgehead atoms. The largest absolute Gasteiger partial charge is 0.333 e. The molecule has 4 heteroatoms. The molecule has 1 saturated carbocycles. The molecule has 1 aliphatic carbocycles. The van der Waals surface area contributed by atoms with Gasteiger partial charge in [-0.1, -0.05) is 48.5 Å². The van der Waals surface area contributed by atoms with Crippen molar-refractivity contribution in [2.45, 2.75) is 32.2 Å². The van der Waals surface area contributed by atoms with Gasteiger partial charge in [-0.3, -0.25) is 4.79 Å². The second-order valence-corrected chi connectivity index (χ2v) is 6.78. The molecule has 0 unspecified atom stereocenters. The van der Waals surface area contributed by atoms with Crippen molar-refractivity contribution < 1.29 is 4.79 Å².